The normalized spacial score (nSPS) is 40.2. The van der Waals surface area contributed by atoms with Crippen molar-refractivity contribution in [2.24, 2.45) is 5.92 Å². The zero-order valence-corrected chi connectivity index (χ0v) is 7.50. The third kappa shape index (κ3) is 1.04. The second kappa shape index (κ2) is 2.75. The minimum Gasteiger partial charge on any atom is -0.444 e. The van der Waals surface area contributed by atoms with Gasteiger partial charge in [0, 0.05) is 7.11 Å². The van der Waals surface area contributed by atoms with Crippen LogP contribution < -0.4 is 0 Å². The molecule has 0 aromatic carbocycles. The molecule has 0 aliphatic carbocycles. The van der Waals surface area contributed by atoms with Crippen LogP contribution in [0.2, 0.25) is 0 Å². The topological polar surface area (TPSA) is 27.7 Å². The number of hydrogen-bond acceptors (Lipinski definition) is 3. The fraction of sp³-hybridized carbons (Fsp3) is 0.778. The second-order valence-electron chi connectivity index (χ2n) is 3.28. The van der Waals surface area contributed by atoms with E-state index in [0.717, 1.165) is 25.2 Å². The molecule has 0 aromatic heterocycles. The smallest absolute Gasteiger partial charge is 0.333 e. The molecule has 0 saturated carbocycles. The van der Waals surface area contributed by atoms with E-state index in [4.69, 9.17) is 14.2 Å². The van der Waals surface area contributed by atoms with Crippen molar-refractivity contribution in [3.8, 4) is 0 Å². The Morgan fingerprint density at radius 1 is 1.67 bits per heavy atom. The van der Waals surface area contributed by atoms with Crippen molar-refractivity contribution >= 4 is 0 Å². The molecular formula is C9H14O3. The molecule has 2 rings (SSSR count). The minimum atomic E-state index is -0.789. The second-order valence-corrected chi connectivity index (χ2v) is 3.28. The summed E-state index contributed by atoms with van der Waals surface area (Å²) in [7, 11) is 1.63. The number of hydrogen-bond donors (Lipinski definition) is 0. The molecule has 2 aliphatic rings. The van der Waals surface area contributed by atoms with Gasteiger partial charge in [-0.2, -0.15) is 0 Å². The van der Waals surface area contributed by atoms with E-state index in [9.17, 15) is 0 Å². The lowest BCUT2D eigenvalue weighted by Gasteiger charge is -2.35. The first-order valence-corrected chi connectivity index (χ1v) is 4.33. The number of rotatable bonds is 1. The average molecular weight is 170 g/mol. The Kier molecular flexibility index (Phi) is 1.85. The van der Waals surface area contributed by atoms with Gasteiger partial charge in [-0.05, 0) is 25.8 Å². The maximum absolute atomic E-state index is 5.52. The molecule has 3 heteroatoms. The van der Waals surface area contributed by atoms with Gasteiger partial charge in [0.05, 0.1) is 18.3 Å². The van der Waals surface area contributed by atoms with Crippen molar-refractivity contribution in [1.82, 2.24) is 0 Å². The molecule has 0 unspecified atom stereocenters. The van der Waals surface area contributed by atoms with Crippen LogP contribution in [0.5, 0.6) is 0 Å². The van der Waals surface area contributed by atoms with E-state index < -0.39 is 5.97 Å². The van der Waals surface area contributed by atoms with Gasteiger partial charge in [-0.15, -0.1) is 0 Å². The molecule has 0 bridgehead atoms. The summed E-state index contributed by atoms with van der Waals surface area (Å²) in [5.74, 6) is 0.391. The molecular weight excluding hydrogens is 156 g/mol. The summed E-state index contributed by atoms with van der Waals surface area (Å²) in [4.78, 5) is 0. The molecule has 0 N–H and O–H groups in total. The van der Waals surface area contributed by atoms with Crippen LogP contribution in [0, 0.1) is 5.92 Å². The Balaban J connectivity index is 2.19. The number of fused-ring (bicyclic) bond motifs is 1. The monoisotopic (exact) mass is 170 g/mol. The number of allylic oxidation sites excluding steroid dienone is 1. The van der Waals surface area contributed by atoms with E-state index in [0.29, 0.717) is 0 Å². The standard InChI is InChI=1S/C9H14O3/c1-7-6-8-4-3-5-11-9(8,10-2)12-7/h6,8H,3-5H2,1-2H3/t8-,9-/m0/s1. The molecule has 2 aliphatic heterocycles. The third-order valence-corrected chi connectivity index (χ3v) is 2.44. The highest BCUT2D eigenvalue weighted by Gasteiger charge is 2.48. The fourth-order valence-electron chi connectivity index (χ4n) is 1.89. The maximum Gasteiger partial charge on any atom is 0.333 e. The van der Waals surface area contributed by atoms with E-state index in [1.165, 1.54) is 0 Å². The van der Waals surface area contributed by atoms with E-state index >= 15 is 0 Å². The predicted octanol–water partition coefficient (Wildman–Crippen LogP) is 1.65. The molecule has 1 fully saturated rings. The van der Waals surface area contributed by atoms with Crippen molar-refractivity contribution in [2.75, 3.05) is 13.7 Å². The summed E-state index contributed by atoms with van der Waals surface area (Å²) in [6.45, 7) is 2.66. The van der Waals surface area contributed by atoms with Gasteiger partial charge in [0.1, 0.15) is 0 Å². The quantitative estimate of drug-likeness (QED) is 0.598. The summed E-state index contributed by atoms with van der Waals surface area (Å²) in [5, 5.41) is 0. The van der Waals surface area contributed by atoms with Crippen molar-refractivity contribution in [3.05, 3.63) is 11.8 Å². The fourth-order valence-corrected chi connectivity index (χ4v) is 1.89. The van der Waals surface area contributed by atoms with Crippen molar-refractivity contribution < 1.29 is 14.2 Å². The summed E-state index contributed by atoms with van der Waals surface area (Å²) < 4.78 is 16.3. The van der Waals surface area contributed by atoms with Gasteiger partial charge in [0.2, 0.25) is 0 Å². The number of methoxy groups -OCH3 is 1. The van der Waals surface area contributed by atoms with Gasteiger partial charge in [-0.1, -0.05) is 0 Å². The largest absolute Gasteiger partial charge is 0.444 e. The molecule has 2 heterocycles. The van der Waals surface area contributed by atoms with Gasteiger partial charge < -0.3 is 14.2 Å². The Morgan fingerprint density at radius 2 is 2.50 bits per heavy atom. The highest BCUT2D eigenvalue weighted by atomic mass is 16.9. The van der Waals surface area contributed by atoms with Crippen molar-refractivity contribution in [1.29, 1.82) is 0 Å². The minimum absolute atomic E-state index is 0.274. The summed E-state index contributed by atoms with van der Waals surface area (Å²) in [5.41, 5.74) is 0. The van der Waals surface area contributed by atoms with E-state index in [1.807, 2.05) is 6.92 Å². The van der Waals surface area contributed by atoms with E-state index in [-0.39, 0.29) is 5.92 Å². The molecule has 1 saturated heterocycles. The Bertz CT molecular complexity index is 212. The molecule has 0 radical (unpaired) electrons. The van der Waals surface area contributed by atoms with E-state index in [2.05, 4.69) is 6.08 Å². The van der Waals surface area contributed by atoms with Crippen molar-refractivity contribution in [2.45, 2.75) is 25.7 Å². The molecule has 3 nitrogen and oxygen atoms in total. The average Bonchev–Trinajstić information content (AvgIpc) is 2.41. The van der Waals surface area contributed by atoms with Gasteiger partial charge in [0.15, 0.2) is 0 Å². The van der Waals surface area contributed by atoms with Gasteiger partial charge in [0.25, 0.3) is 0 Å². The van der Waals surface area contributed by atoms with Crippen LogP contribution in [0.25, 0.3) is 0 Å². The molecule has 12 heavy (non-hydrogen) atoms. The SMILES string of the molecule is CO[C@]12OCCC[C@H]1C=C(C)O2. The molecule has 2 atom stereocenters. The first-order chi connectivity index (χ1) is 5.77. The highest BCUT2D eigenvalue weighted by molar-refractivity contribution is 5.05. The molecule has 68 valence electrons. The molecule has 0 spiro atoms. The summed E-state index contributed by atoms with van der Waals surface area (Å²) >= 11 is 0. The lowest BCUT2D eigenvalue weighted by molar-refractivity contribution is -0.376. The third-order valence-electron chi connectivity index (χ3n) is 2.44. The first kappa shape index (κ1) is 8.08. The van der Waals surface area contributed by atoms with Crippen LogP contribution in [-0.2, 0) is 14.2 Å². The zero-order chi connectivity index (χ0) is 8.60. The van der Waals surface area contributed by atoms with Gasteiger partial charge >= 0.3 is 5.97 Å². The lowest BCUT2D eigenvalue weighted by atomic mass is 9.99. The molecule has 0 amide bonds. The highest BCUT2D eigenvalue weighted by Crippen LogP contribution is 2.40. The van der Waals surface area contributed by atoms with Crippen LogP contribution in [0.3, 0.4) is 0 Å². The summed E-state index contributed by atoms with van der Waals surface area (Å²) in [6.07, 6.45) is 4.26. The predicted molar refractivity (Wildman–Crippen MR) is 43.3 cm³/mol. The maximum atomic E-state index is 5.52. The summed E-state index contributed by atoms with van der Waals surface area (Å²) in [6, 6.07) is 0. The van der Waals surface area contributed by atoms with Gasteiger partial charge in [-0.25, -0.2) is 0 Å². The molecule has 0 aromatic rings. The Labute approximate surface area is 72.3 Å². The zero-order valence-electron chi connectivity index (χ0n) is 7.50. The number of ether oxygens (including phenoxy) is 3. The first-order valence-electron chi connectivity index (χ1n) is 4.33. The van der Waals surface area contributed by atoms with E-state index in [1.54, 1.807) is 7.11 Å². The lowest BCUT2D eigenvalue weighted by Crippen LogP contribution is -2.44. The van der Waals surface area contributed by atoms with Gasteiger partial charge in [-0.3, -0.25) is 0 Å². The van der Waals surface area contributed by atoms with Crippen LogP contribution in [0.4, 0.5) is 0 Å². The van der Waals surface area contributed by atoms with Crippen LogP contribution in [-0.4, -0.2) is 19.7 Å². The van der Waals surface area contributed by atoms with Crippen LogP contribution >= 0.6 is 0 Å². The van der Waals surface area contributed by atoms with Crippen LogP contribution in [0.15, 0.2) is 11.8 Å². The van der Waals surface area contributed by atoms with Crippen molar-refractivity contribution in [3.63, 3.8) is 0 Å². The van der Waals surface area contributed by atoms with Crippen LogP contribution in [0.1, 0.15) is 19.8 Å². The Hall–Kier alpha value is -0.540. The Morgan fingerprint density at radius 3 is 3.17 bits per heavy atom.